The lowest BCUT2D eigenvalue weighted by Gasteiger charge is -2.17. The molecule has 8 heteroatoms. The van der Waals surface area contributed by atoms with Crippen molar-refractivity contribution < 1.29 is 26.3 Å². The molecule has 0 bridgehead atoms. The van der Waals surface area contributed by atoms with Gasteiger partial charge in [0, 0.05) is 12.1 Å². The van der Waals surface area contributed by atoms with Crippen LogP contribution in [0, 0.1) is 0 Å². The van der Waals surface area contributed by atoms with E-state index in [9.17, 15) is 26.3 Å². The van der Waals surface area contributed by atoms with Gasteiger partial charge in [0.25, 0.3) is 0 Å². The van der Waals surface area contributed by atoms with E-state index < -0.39 is 23.6 Å². The zero-order valence-electron chi connectivity index (χ0n) is 17.0. The Morgan fingerprint density at radius 2 is 1.57 bits per heavy atom. The van der Waals surface area contributed by atoms with Crippen LogP contribution in [0.4, 0.5) is 26.3 Å². The minimum atomic E-state index is -4.65. The first kappa shape index (κ1) is 24.2. The van der Waals surface area contributed by atoms with Gasteiger partial charge in [0.15, 0.2) is 0 Å². The molecule has 1 N–H and O–H groups in total. The van der Waals surface area contributed by atoms with E-state index in [1.807, 2.05) is 6.92 Å². The normalized spacial score (nSPS) is 13.5. The number of alkyl halides is 6. The Morgan fingerprint density at radius 1 is 0.900 bits per heavy atom. The Morgan fingerprint density at radius 3 is 2.13 bits per heavy atom. The van der Waals surface area contributed by atoms with Gasteiger partial charge in [-0.15, -0.1) is 0 Å². The van der Waals surface area contributed by atoms with E-state index in [1.165, 1.54) is 6.07 Å². The van der Waals surface area contributed by atoms with Crippen molar-refractivity contribution in [3.8, 4) is 11.3 Å². The molecule has 2 nitrogen and oxygen atoms in total. The number of aromatic nitrogens is 1. The molecule has 2 rings (SSSR count). The molecular weight excluding hydrogens is 406 g/mol. The molecule has 1 heterocycles. The summed E-state index contributed by atoms with van der Waals surface area (Å²) >= 11 is 0. The van der Waals surface area contributed by atoms with Crippen molar-refractivity contribution in [1.82, 2.24) is 10.3 Å². The molecule has 0 aliphatic rings. The molecule has 1 unspecified atom stereocenters. The van der Waals surface area contributed by atoms with Crippen LogP contribution >= 0.6 is 0 Å². The summed E-state index contributed by atoms with van der Waals surface area (Å²) in [5.41, 5.74) is -1.27. The number of nitrogens with zero attached hydrogens (tertiary/aromatic N) is 1. The molecule has 166 valence electrons. The summed E-state index contributed by atoms with van der Waals surface area (Å²) in [6.45, 7) is 5.21. The smallest absolute Gasteiger partial charge is 0.316 e. The summed E-state index contributed by atoms with van der Waals surface area (Å²) < 4.78 is 78.3. The third kappa shape index (κ3) is 7.00. The number of unbranched alkanes of at least 4 members (excludes halogenated alkanes) is 3. The van der Waals surface area contributed by atoms with E-state index in [2.05, 4.69) is 17.2 Å². The van der Waals surface area contributed by atoms with E-state index >= 15 is 0 Å². The molecule has 2 aromatic rings. The second-order valence-corrected chi connectivity index (χ2v) is 7.41. The molecular formula is C22H26F6N2. The molecule has 1 atom stereocenters. The maximum atomic E-state index is 13.3. The molecule has 1 aromatic heterocycles. The molecule has 1 aromatic carbocycles. The number of nitrogens with one attached hydrogen (secondary N) is 1. The maximum absolute atomic E-state index is 13.3. The first-order valence-electron chi connectivity index (χ1n) is 10.00. The topological polar surface area (TPSA) is 24.9 Å². The Balaban J connectivity index is 2.23. The van der Waals surface area contributed by atoms with Gasteiger partial charge in [-0.3, -0.25) is 0 Å². The van der Waals surface area contributed by atoms with Gasteiger partial charge in [-0.05, 0) is 48.7 Å². The van der Waals surface area contributed by atoms with Crippen LogP contribution in [-0.2, 0) is 12.4 Å². The second-order valence-electron chi connectivity index (χ2n) is 7.41. The SMILES string of the molecule is CCCCCCNCC(C)c1cc(-c2ccc(C(F)(F)F)cc2)nc(C(F)(F)F)c1. The maximum Gasteiger partial charge on any atom is 0.433 e. The van der Waals surface area contributed by atoms with Gasteiger partial charge in [-0.2, -0.15) is 26.3 Å². The fourth-order valence-corrected chi connectivity index (χ4v) is 3.07. The van der Waals surface area contributed by atoms with Crippen LogP contribution in [0.25, 0.3) is 11.3 Å². The molecule has 0 radical (unpaired) electrons. The molecule has 0 aliphatic heterocycles. The van der Waals surface area contributed by atoms with Crippen molar-refractivity contribution in [2.24, 2.45) is 0 Å². The van der Waals surface area contributed by atoms with Gasteiger partial charge < -0.3 is 5.32 Å². The van der Waals surface area contributed by atoms with Crippen LogP contribution < -0.4 is 5.32 Å². The molecule has 0 amide bonds. The highest BCUT2D eigenvalue weighted by molar-refractivity contribution is 5.61. The van der Waals surface area contributed by atoms with Gasteiger partial charge in [0.2, 0.25) is 0 Å². The van der Waals surface area contributed by atoms with Crippen molar-refractivity contribution in [2.45, 2.75) is 57.8 Å². The Kier molecular flexibility index (Phi) is 8.29. The number of hydrogen-bond acceptors (Lipinski definition) is 2. The highest BCUT2D eigenvalue weighted by Crippen LogP contribution is 2.34. The minimum Gasteiger partial charge on any atom is -0.316 e. The lowest BCUT2D eigenvalue weighted by molar-refractivity contribution is -0.141. The van der Waals surface area contributed by atoms with Gasteiger partial charge in [0.05, 0.1) is 11.3 Å². The van der Waals surface area contributed by atoms with E-state index in [-0.39, 0.29) is 17.2 Å². The van der Waals surface area contributed by atoms with Gasteiger partial charge >= 0.3 is 12.4 Å². The monoisotopic (exact) mass is 432 g/mol. The van der Waals surface area contributed by atoms with Gasteiger partial charge in [-0.1, -0.05) is 45.2 Å². The van der Waals surface area contributed by atoms with E-state index in [0.29, 0.717) is 12.1 Å². The van der Waals surface area contributed by atoms with Gasteiger partial charge in [0.1, 0.15) is 5.69 Å². The van der Waals surface area contributed by atoms with Gasteiger partial charge in [-0.25, -0.2) is 4.98 Å². The second kappa shape index (κ2) is 10.3. The third-order valence-corrected chi connectivity index (χ3v) is 4.87. The van der Waals surface area contributed by atoms with Crippen LogP contribution in [0.15, 0.2) is 36.4 Å². The molecule has 0 fully saturated rings. The number of pyridine rings is 1. The zero-order chi connectivity index (χ0) is 22.4. The zero-order valence-corrected chi connectivity index (χ0v) is 17.0. The Bertz CT molecular complexity index is 797. The highest BCUT2D eigenvalue weighted by Gasteiger charge is 2.34. The lowest BCUT2D eigenvalue weighted by atomic mass is 9.97. The van der Waals surface area contributed by atoms with Crippen molar-refractivity contribution in [3.05, 3.63) is 53.2 Å². The average molecular weight is 432 g/mol. The molecule has 0 aliphatic carbocycles. The fourth-order valence-electron chi connectivity index (χ4n) is 3.07. The summed E-state index contributed by atoms with van der Waals surface area (Å²) in [5.74, 6) is -0.214. The first-order valence-corrected chi connectivity index (χ1v) is 10.00. The lowest BCUT2D eigenvalue weighted by Crippen LogP contribution is -2.22. The highest BCUT2D eigenvalue weighted by atomic mass is 19.4. The van der Waals surface area contributed by atoms with Crippen molar-refractivity contribution in [2.75, 3.05) is 13.1 Å². The quantitative estimate of drug-likeness (QED) is 0.339. The summed E-state index contributed by atoms with van der Waals surface area (Å²) in [7, 11) is 0. The predicted molar refractivity (Wildman–Crippen MR) is 105 cm³/mol. The van der Waals surface area contributed by atoms with E-state index in [0.717, 1.165) is 62.6 Å². The molecule has 0 saturated heterocycles. The van der Waals surface area contributed by atoms with Crippen LogP contribution in [-0.4, -0.2) is 18.1 Å². The van der Waals surface area contributed by atoms with Crippen LogP contribution in [0.5, 0.6) is 0 Å². The largest absolute Gasteiger partial charge is 0.433 e. The standard InChI is InChI=1S/C22H26F6N2/c1-3-4-5-6-11-29-14-15(2)17-12-19(30-20(13-17)22(26,27)28)16-7-9-18(10-8-16)21(23,24)25/h7-10,12-13,15,29H,3-6,11,14H2,1-2H3. The van der Waals surface area contributed by atoms with Crippen molar-refractivity contribution >= 4 is 0 Å². The predicted octanol–water partition coefficient (Wildman–Crippen LogP) is 7.06. The molecule has 0 saturated carbocycles. The number of rotatable bonds is 9. The fraction of sp³-hybridized carbons (Fsp3) is 0.500. The summed E-state index contributed by atoms with van der Waals surface area (Å²) in [4.78, 5) is 3.65. The van der Waals surface area contributed by atoms with Crippen LogP contribution in [0.3, 0.4) is 0 Å². The average Bonchev–Trinajstić information content (AvgIpc) is 2.69. The molecule has 0 spiro atoms. The minimum absolute atomic E-state index is 0.00310. The van der Waals surface area contributed by atoms with Crippen molar-refractivity contribution in [3.63, 3.8) is 0 Å². The van der Waals surface area contributed by atoms with Crippen LogP contribution in [0.1, 0.15) is 62.3 Å². The summed E-state index contributed by atoms with van der Waals surface area (Å²) in [6, 6.07) is 6.51. The van der Waals surface area contributed by atoms with Crippen molar-refractivity contribution in [1.29, 1.82) is 0 Å². The third-order valence-electron chi connectivity index (χ3n) is 4.87. The molecule has 30 heavy (non-hydrogen) atoms. The van der Waals surface area contributed by atoms with E-state index in [4.69, 9.17) is 0 Å². The Hall–Kier alpha value is -2.09. The number of hydrogen-bond donors (Lipinski definition) is 1. The van der Waals surface area contributed by atoms with E-state index in [1.54, 1.807) is 0 Å². The summed E-state index contributed by atoms with van der Waals surface area (Å²) in [6.07, 6.45) is -4.79. The number of halogens is 6. The summed E-state index contributed by atoms with van der Waals surface area (Å²) in [5, 5.41) is 3.26. The number of benzene rings is 1. The Labute approximate surface area is 172 Å². The first-order chi connectivity index (χ1) is 14.0. The van der Waals surface area contributed by atoms with Crippen LogP contribution in [0.2, 0.25) is 0 Å².